The first-order chi connectivity index (χ1) is 7.15. The van der Waals surface area contributed by atoms with Gasteiger partial charge in [-0.2, -0.15) is 0 Å². The molecule has 78 valence electrons. The van der Waals surface area contributed by atoms with Crippen molar-refractivity contribution in [2.45, 2.75) is 6.42 Å². The summed E-state index contributed by atoms with van der Waals surface area (Å²) in [7, 11) is 0. The van der Waals surface area contributed by atoms with Gasteiger partial charge < -0.3 is 9.84 Å². The van der Waals surface area contributed by atoms with Crippen LogP contribution in [0.15, 0.2) is 18.2 Å². The fourth-order valence-electron chi connectivity index (χ4n) is 1.02. The van der Waals surface area contributed by atoms with Crippen LogP contribution in [0.25, 0.3) is 0 Å². The zero-order valence-corrected chi connectivity index (χ0v) is 7.87. The Morgan fingerprint density at radius 1 is 1.60 bits per heavy atom. The number of terminal acetylenes is 1. The average molecular weight is 208 g/mol. The van der Waals surface area contributed by atoms with Crippen molar-refractivity contribution in [2.24, 2.45) is 0 Å². The van der Waals surface area contributed by atoms with Crippen molar-refractivity contribution in [3.8, 4) is 18.1 Å². The van der Waals surface area contributed by atoms with E-state index in [1.165, 1.54) is 6.07 Å². The van der Waals surface area contributed by atoms with Crippen LogP contribution in [0, 0.1) is 18.2 Å². The molecule has 0 spiro atoms. The predicted octanol–water partition coefficient (Wildman–Crippen LogP) is 1.93. The average Bonchev–Trinajstić information content (AvgIpc) is 2.20. The van der Waals surface area contributed by atoms with Gasteiger partial charge in [-0.3, -0.25) is 0 Å². The van der Waals surface area contributed by atoms with E-state index in [2.05, 4.69) is 5.92 Å². The highest BCUT2D eigenvalue weighted by Crippen LogP contribution is 2.19. The van der Waals surface area contributed by atoms with Gasteiger partial charge in [-0.15, -0.1) is 12.3 Å². The predicted molar refractivity (Wildman–Crippen MR) is 52.3 cm³/mol. The van der Waals surface area contributed by atoms with Gasteiger partial charge in [0.2, 0.25) is 0 Å². The first kappa shape index (κ1) is 11.1. The highest BCUT2D eigenvalue weighted by atomic mass is 19.1. The number of carbonyl (C=O) groups is 1. The van der Waals surface area contributed by atoms with Crippen molar-refractivity contribution in [3.05, 3.63) is 29.6 Å². The SMILES string of the molecule is C#CCCOc1ccc(F)cc1C(=O)O. The maximum atomic E-state index is 12.7. The fourth-order valence-corrected chi connectivity index (χ4v) is 1.02. The van der Waals surface area contributed by atoms with E-state index < -0.39 is 11.8 Å². The highest BCUT2D eigenvalue weighted by molar-refractivity contribution is 5.90. The molecule has 0 aliphatic carbocycles. The number of carboxylic acids is 1. The van der Waals surface area contributed by atoms with Gasteiger partial charge in [-0.1, -0.05) is 0 Å². The molecule has 0 aliphatic rings. The molecule has 0 aromatic heterocycles. The number of aromatic carboxylic acids is 1. The Bertz CT molecular complexity index is 407. The third-order valence-electron chi connectivity index (χ3n) is 1.68. The zero-order chi connectivity index (χ0) is 11.3. The minimum Gasteiger partial charge on any atom is -0.492 e. The van der Waals surface area contributed by atoms with Crippen molar-refractivity contribution in [2.75, 3.05) is 6.61 Å². The zero-order valence-electron chi connectivity index (χ0n) is 7.87. The van der Waals surface area contributed by atoms with E-state index in [1.807, 2.05) is 0 Å². The van der Waals surface area contributed by atoms with Crippen LogP contribution < -0.4 is 4.74 Å². The molecule has 1 aromatic rings. The molecule has 0 atom stereocenters. The van der Waals surface area contributed by atoms with Crippen LogP contribution in [-0.4, -0.2) is 17.7 Å². The Morgan fingerprint density at radius 3 is 2.93 bits per heavy atom. The molecular weight excluding hydrogens is 199 g/mol. The van der Waals surface area contributed by atoms with E-state index in [-0.39, 0.29) is 17.9 Å². The fraction of sp³-hybridized carbons (Fsp3) is 0.182. The number of hydrogen-bond acceptors (Lipinski definition) is 2. The van der Waals surface area contributed by atoms with Crippen LogP contribution >= 0.6 is 0 Å². The minimum absolute atomic E-state index is 0.124. The third kappa shape index (κ3) is 2.99. The first-order valence-electron chi connectivity index (χ1n) is 4.24. The van der Waals surface area contributed by atoms with Gasteiger partial charge in [-0.05, 0) is 18.2 Å². The van der Waals surface area contributed by atoms with Crippen LogP contribution in [0.1, 0.15) is 16.8 Å². The standard InChI is InChI=1S/C11H9FO3/c1-2-3-6-15-10-5-4-8(12)7-9(10)11(13)14/h1,4-5,7H,3,6H2,(H,13,14). The number of ether oxygens (including phenoxy) is 1. The first-order valence-corrected chi connectivity index (χ1v) is 4.24. The summed E-state index contributed by atoms with van der Waals surface area (Å²) in [5.41, 5.74) is -0.202. The van der Waals surface area contributed by atoms with E-state index in [0.29, 0.717) is 6.42 Å². The number of rotatable bonds is 4. The smallest absolute Gasteiger partial charge is 0.339 e. The van der Waals surface area contributed by atoms with E-state index in [1.54, 1.807) is 0 Å². The summed E-state index contributed by atoms with van der Waals surface area (Å²) in [5.74, 6) is 0.630. The lowest BCUT2D eigenvalue weighted by molar-refractivity contribution is 0.0691. The summed E-state index contributed by atoms with van der Waals surface area (Å²) in [4.78, 5) is 10.7. The van der Waals surface area contributed by atoms with Gasteiger partial charge in [0.1, 0.15) is 17.1 Å². The second-order valence-corrected chi connectivity index (χ2v) is 2.75. The number of carboxylic acid groups (broad SMARTS) is 1. The lowest BCUT2D eigenvalue weighted by Gasteiger charge is -2.07. The monoisotopic (exact) mass is 208 g/mol. The normalized spacial score (nSPS) is 9.33. The van der Waals surface area contributed by atoms with Crippen molar-refractivity contribution in [1.82, 2.24) is 0 Å². The highest BCUT2D eigenvalue weighted by Gasteiger charge is 2.11. The van der Waals surface area contributed by atoms with Crippen LogP contribution in [0.4, 0.5) is 4.39 Å². The molecule has 3 nitrogen and oxygen atoms in total. The molecule has 1 N–H and O–H groups in total. The summed E-state index contributed by atoms with van der Waals surface area (Å²) in [6.07, 6.45) is 5.38. The Kier molecular flexibility index (Phi) is 3.69. The molecule has 0 saturated carbocycles. The van der Waals surface area contributed by atoms with Gasteiger partial charge in [0, 0.05) is 6.42 Å². The van der Waals surface area contributed by atoms with Crippen LogP contribution in [0.5, 0.6) is 5.75 Å². The number of hydrogen-bond donors (Lipinski definition) is 1. The molecule has 1 rings (SSSR count). The molecule has 0 saturated heterocycles. The second kappa shape index (κ2) is 5.01. The molecule has 0 aliphatic heterocycles. The van der Waals surface area contributed by atoms with Gasteiger partial charge >= 0.3 is 5.97 Å². The maximum absolute atomic E-state index is 12.7. The quantitative estimate of drug-likeness (QED) is 0.607. The van der Waals surface area contributed by atoms with E-state index in [4.69, 9.17) is 16.3 Å². The molecule has 4 heteroatoms. The summed E-state index contributed by atoms with van der Waals surface area (Å²) in [5, 5.41) is 8.76. The lowest BCUT2D eigenvalue weighted by atomic mass is 10.2. The molecule has 0 unspecified atom stereocenters. The van der Waals surface area contributed by atoms with Gasteiger partial charge in [-0.25, -0.2) is 9.18 Å². The molecule has 1 aromatic carbocycles. The minimum atomic E-state index is -1.23. The van der Waals surface area contributed by atoms with Crippen LogP contribution in [0.3, 0.4) is 0 Å². The molecule has 0 fully saturated rings. The number of benzene rings is 1. The second-order valence-electron chi connectivity index (χ2n) is 2.75. The molecule has 0 heterocycles. The van der Waals surface area contributed by atoms with Crippen LogP contribution in [0.2, 0.25) is 0 Å². The largest absolute Gasteiger partial charge is 0.492 e. The topological polar surface area (TPSA) is 46.5 Å². The Hall–Kier alpha value is -2.02. The Balaban J connectivity index is 2.87. The Morgan fingerprint density at radius 2 is 2.33 bits per heavy atom. The molecule has 0 amide bonds. The molecule has 15 heavy (non-hydrogen) atoms. The van der Waals surface area contributed by atoms with Crippen LogP contribution in [-0.2, 0) is 0 Å². The Labute approximate surface area is 86.5 Å². The van der Waals surface area contributed by atoms with Gasteiger partial charge in [0.25, 0.3) is 0 Å². The van der Waals surface area contributed by atoms with Gasteiger partial charge in [0.15, 0.2) is 0 Å². The molecule has 0 bridgehead atoms. The van der Waals surface area contributed by atoms with Crippen molar-refractivity contribution < 1.29 is 19.0 Å². The van der Waals surface area contributed by atoms with Crippen molar-refractivity contribution >= 4 is 5.97 Å². The summed E-state index contributed by atoms with van der Waals surface area (Å²) in [6, 6.07) is 3.32. The molecular formula is C11H9FO3. The summed E-state index contributed by atoms with van der Waals surface area (Å²) < 4.78 is 17.8. The molecule has 0 radical (unpaired) electrons. The van der Waals surface area contributed by atoms with Crippen molar-refractivity contribution in [3.63, 3.8) is 0 Å². The van der Waals surface area contributed by atoms with E-state index in [9.17, 15) is 9.18 Å². The lowest BCUT2D eigenvalue weighted by Crippen LogP contribution is -2.04. The number of halogens is 1. The van der Waals surface area contributed by atoms with Crippen molar-refractivity contribution in [1.29, 1.82) is 0 Å². The maximum Gasteiger partial charge on any atom is 0.339 e. The summed E-state index contributed by atoms with van der Waals surface area (Å²) >= 11 is 0. The third-order valence-corrected chi connectivity index (χ3v) is 1.68. The van der Waals surface area contributed by atoms with E-state index in [0.717, 1.165) is 12.1 Å². The summed E-state index contributed by atoms with van der Waals surface area (Å²) in [6.45, 7) is 0.211. The van der Waals surface area contributed by atoms with Gasteiger partial charge in [0.05, 0.1) is 6.61 Å². The van der Waals surface area contributed by atoms with E-state index >= 15 is 0 Å².